The lowest BCUT2D eigenvalue weighted by atomic mass is 9.98. The number of halogens is 1. The summed E-state index contributed by atoms with van der Waals surface area (Å²) >= 11 is 0. The summed E-state index contributed by atoms with van der Waals surface area (Å²) in [7, 11) is -3.74. The largest absolute Gasteiger partial charge is 0.378 e. The number of benzene rings is 1. The van der Waals surface area contributed by atoms with E-state index in [1.807, 2.05) is 0 Å². The Morgan fingerprint density at radius 1 is 1.24 bits per heavy atom. The first kappa shape index (κ1) is 18.3. The molecule has 2 fully saturated rings. The summed E-state index contributed by atoms with van der Waals surface area (Å²) < 4.78 is 45.8. The van der Waals surface area contributed by atoms with E-state index in [2.05, 4.69) is 0 Å². The summed E-state index contributed by atoms with van der Waals surface area (Å²) in [6, 6.07) is 3.67. The van der Waals surface area contributed by atoms with Crippen LogP contribution in [0.25, 0.3) is 0 Å². The van der Waals surface area contributed by atoms with Crippen LogP contribution in [0.15, 0.2) is 23.1 Å². The molecular formula is C17H23FN2O4S. The number of piperidine rings is 1. The van der Waals surface area contributed by atoms with Crippen LogP contribution in [0, 0.1) is 18.7 Å². The van der Waals surface area contributed by atoms with E-state index in [-0.39, 0.29) is 23.3 Å². The number of nitrogens with zero attached hydrogens (tertiary/aromatic N) is 2. The van der Waals surface area contributed by atoms with Crippen molar-refractivity contribution in [2.24, 2.45) is 5.92 Å². The highest BCUT2D eigenvalue weighted by molar-refractivity contribution is 7.89. The van der Waals surface area contributed by atoms with Crippen LogP contribution in [0.4, 0.5) is 4.39 Å². The highest BCUT2D eigenvalue weighted by atomic mass is 32.2. The lowest BCUT2D eigenvalue weighted by molar-refractivity contribution is -0.140. The summed E-state index contributed by atoms with van der Waals surface area (Å²) in [5.74, 6) is -0.795. The molecule has 0 bridgehead atoms. The van der Waals surface area contributed by atoms with Gasteiger partial charge >= 0.3 is 0 Å². The van der Waals surface area contributed by atoms with Gasteiger partial charge in [0.15, 0.2) is 0 Å². The summed E-state index contributed by atoms with van der Waals surface area (Å²) in [6.45, 7) is 4.29. The van der Waals surface area contributed by atoms with Crippen molar-refractivity contribution >= 4 is 15.9 Å². The summed E-state index contributed by atoms with van der Waals surface area (Å²) in [6.07, 6.45) is 1.32. The maximum absolute atomic E-state index is 13.3. The number of carbonyl (C=O) groups is 1. The van der Waals surface area contributed by atoms with Crippen molar-refractivity contribution in [2.75, 3.05) is 39.4 Å². The Morgan fingerprint density at radius 3 is 2.64 bits per heavy atom. The molecule has 2 heterocycles. The molecule has 1 unspecified atom stereocenters. The second-order valence-electron chi connectivity index (χ2n) is 6.55. The average Bonchev–Trinajstić information content (AvgIpc) is 2.61. The number of hydrogen-bond donors (Lipinski definition) is 0. The second kappa shape index (κ2) is 7.39. The molecule has 1 aromatic carbocycles. The van der Waals surface area contributed by atoms with E-state index in [1.54, 1.807) is 11.8 Å². The van der Waals surface area contributed by atoms with Gasteiger partial charge in [-0.25, -0.2) is 12.8 Å². The SMILES string of the molecule is Cc1cc(F)ccc1S(=O)(=O)N1CCCC(C(=O)N2CCOCC2)C1. The fraction of sp³-hybridized carbons (Fsp3) is 0.588. The monoisotopic (exact) mass is 370 g/mol. The van der Waals surface area contributed by atoms with Crippen LogP contribution in [-0.2, 0) is 19.6 Å². The van der Waals surface area contributed by atoms with E-state index in [0.29, 0.717) is 51.3 Å². The van der Waals surface area contributed by atoms with Crippen molar-refractivity contribution in [1.29, 1.82) is 0 Å². The van der Waals surface area contributed by atoms with Crippen molar-refractivity contribution in [2.45, 2.75) is 24.7 Å². The van der Waals surface area contributed by atoms with Crippen LogP contribution < -0.4 is 0 Å². The molecule has 0 saturated carbocycles. The molecule has 0 aliphatic carbocycles. The standard InChI is InChI=1S/C17H23FN2O4S/c1-13-11-15(18)4-5-16(13)25(22,23)20-6-2-3-14(12-20)17(21)19-7-9-24-10-8-19/h4-5,11,14H,2-3,6-10,12H2,1H3. The average molecular weight is 370 g/mol. The molecule has 25 heavy (non-hydrogen) atoms. The van der Waals surface area contributed by atoms with Gasteiger partial charge in [0.25, 0.3) is 0 Å². The third kappa shape index (κ3) is 3.86. The highest BCUT2D eigenvalue weighted by Gasteiger charge is 2.35. The molecule has 1 aromatic rings. The van der Waals surface area contributed by atoms with E-state index in [0.717, 1.165) is 6.07 Å². The van der Waals surface area contributed by atoms with Gasteiger partial charge in [-0.05, 0) is 43.5 Å². The van der Waals surface area contributed by atoms with Crippen molar-refractivity contribution in [3.05, 3.63) is 29.6 Å². The third-order valence-electron chi connectivity index (χ3n) is 4.81. The van der Waals surface area contributed by atoms with Crippen LogP contribution in [-0.4, -0.2) is 62.9 Å². The predicted octanol–water partition coefficient (Wildman–Crippen LogP) is 1.39. The van der Waals surface area contributed by atoms with Gasteiger partial charge in [-0.3, -0.25) is 4.79 Å². The van der Waals surface area contributed by atoms with Gasteiger partial charge in [-0.15, -0.1) is 0 Å². The van der Waals surface area contributed by atoms with Gasteiger partial charge in [-0.2, -0.15) is 4.31 Å². The first-order chi connectivity index (χ1) is 11.9. The zero-order valence-electron chi connectivity index (χ0n) is 14.3. The van der Waals surface area contributed by atoms with E-state index in [9.17, 15) is 17.6 Å². The molecule has 2 aliphatic rings. The smallest absolute Gasteiger partial charge is 0.243 e. The number of rotatable bonds is 3. The van der Waals surface area contributed by atoms with E-state index in [4.69, 9.17) is 4.74 Å². The number of hydrogen-bond acceptors (Lipinski definition) is 4. The Labute approximate surface area is 147 Å². The lowest BCUT2D eigenvalue weighted by Crippen LogP contribution is -2.49. The number of sulfonamides is 1. The maximum Gasteiger partial charge on any atom is 0.243 e. The Hall–Kier alpha value is -1.51. The minimum atomic E-state index is -3.74. The number of morpholine rings is 1. The first-order valence-corrected chi connectivity index (χ1v) is 9.96. The molecule has 0 N–H and O–H groups in total. The van der Waals surface area contributed by atoms with Gasteiger partial charge in [0.1, 0.15) is 5.82 Å². The Balaban J connectivity index is 1.77. The fourth-order valence-corrected chi connectivity index (χ4v) is 5.18. The highest BCUT2D eigenvalue weighted by Crippen LogP contribution is 2.27. The van der Waals surface area contributed by atoms with Crippen LogP contribution in [0.5, 0.6) is 0 Å². The van der Waals surface area contributed by atoms with Gasteiger partial charge in [0.05, 0.1) is 24.0 Å². The molecule has 0 radical (unpaired) electrons. The second-order valence-corrected chi connectivity index (χ2v) is 8.46. The van der Waals surface area contributed by atoms with E-state index < -0.39 is 15.8 Å². The van der Waals surface area contributed by atoms with Crippen LogP contribution >= 0.6 is 0 Å². The van der Waals surface area contributed by atoms with Gasteiger partial charge in [0.2, 0.25) is 15.9 Å². The molecule has 8 heteroatoms. The zero-order valence-corrected chi connectivity index (χ0v) is 15.1. The molecule has 3 rings (SSSR count). The lowest BCUT2D eigenvalue weighted by Gasteiger charge is -2.35. The molecule has 0 spiro atoms. The molecule has 6 nitrogen and oxygen atoms in total. The van der Waals surface area contributed by atoms with Crippen molar-refractivity contribution in [1.82, 2.24) is 9.21 Å². The summed E-state index contributed by atoms with van der Waals surface area (Å²) in [4.78, 5) is 14.5. The van der Waals surface area contributed by atoms with E-state index >= 15 is 0 Å². The van der Waals surface area contributed by atoms with Crippen molar-refractivity contribution in [3.63, 3.8) is 0 Å². The molecular weight excluding hydrogens is 347 g/mol. The Morgan fingerprint density at radius 2 is 1.96 bits per heavy atom. The van der Waals surface area contributed by atoms with Gasteiger partial charge in [-0.1, -0.05) is 0 Å². The van der Waals surface area contributed by atoms with Gasteiger partial charge in [0, 0.05) is 26.2 Å². The molecule has 138 valence electrons. The predicted molar refractivity (Wildman–Crippen MR) is 90.0 cm³/mol. The summed E-state index contributed by atoms with van der Waals surface area (Å²) in [5.41, 5.74) is 0.377. The quantitative estimate of drug-likeness (QED) is 0.807. The topological polar surface area (TPSA) is 66.9 Å². The minimum Gasteiger partial charge on any atom is -0.378 e. The molecule has 1 atom stereocenters. The van der Waals surface area contributed by atoms with Gasteiger partial charge < -0.3 is 9.64 Å². The van der Waals surface area contributed by atoms with Crippen molar-refractivity contribution < 1.29 is 22.3 Å². The summed E-state index contributed by atoms with van der Waals surface area (Å²) in [5, 5.41) is 0. The number of amides is 1. The Bertz CT molecular complexity index is 747. The minimum absolute atomic E-state index is 0.000900. The third-order valence-corrected chi connectivity index (χ3v) is 6.84. The Kier molecular flexibility index (Phi) is 5.41. The molecule has 1 amide bonds. The van der Waals surface area contributed by atoms with E-state index in [1.165, 1.54) is 16.4 Å². The molecule has 0 aromatic heterocycles. The van der Waals surface area contributed by atoms with Crippen LogP contribution in [0.3, 0.4) is 0 Å². The first-order valence-electron chi connectivity index (χ1n) is 8.52. The van der Waals surface area contributed by atoms with Crippen LogP contribution in [0.2, 0.25) is 0 Å². The van der Waals surface area contributed by atoms with Crippen molar-refractivity contribution in [3.8, 4) is 0 Å². The zero-order chi connectivity index (χ0) is 18.0. The number of aryl methyl sites for hydroxylation is 1. The van der Waals surface area contributed by atoms with Crippen LogP contribution in [0.1, 0.15) is 18.4 Å². The molecule has 2 saturated heterocycles. The number of ether oxygens (including phenoxy) is 1. The number of carbonyl (C=O) groups excluding carboxylic acids is 1. The molecule has 2 aliphatic heterocycles. The fourth-order valence-electron chi connectivity index (χ4n) is 3.45. The maximum atomic E-state index is 13.3. The normalized spacial score (nSPS) is 22.8.